The maximum Gasteiger partial charge on any atom is 0.203 e. The molecule has 0 aliphatic carbocycles. The lowest BCUT2D eigenvalue weighted by atomic mass is 10.2. The Balaban J connectivity index is 2.24. The molecule has 0 saturated carbocycles. The van der Waals surface area contributed by atoms with Gasteiger partial charge in [-0.1, -0.05) is 0 Å². The summed E-state index contributed by atoms with van der Waals surface area (Å²) in [4.78, 5) is 4.34. The highest BCUT2D eigenvalue weighted by Gasteiger charge is 2.26. The van der Waals surface area contributed by atoms with Crippen LogP contribution in [0.4, 0.5) is 0 Å². The van der Waals surface area contributed by atoms with Gasteiger partial charge < -0.3 is 14.2 Å². The van der Waals surface area contributed by atoms with E-state index in [1.54, 1.807) is 32.6 Å². The molecule has 0 amide bonds. The summed E-state index contributed by atoms with van der Waals surface area (Å²) in [6.45, 7) is 0. The molecule has 0 radical (unpaired) electrons. The molecule has 0 N–H and O–H groups in total. The third-order valence-electron chi connectivity index (χ3n) is 3.33. The molecule has 1 aromatic carbocycles. The molecule has 1 aromatic rings. The van der Waals surface area contributed by atoms with Crippen LogP contribution < -0.4 is 14.2 Å². The van der Waals surface area contributed by atoms with Gasteiger partial charge in [-0.05, 0) is 24.1 Å². The molecule has 1 saturated heterocycles. The molecule has 2 rings (SSSR count). The van der Waals surface area contributed by atoms with Crippen LogP contribution in [0.25, 0.3) is 0 Å². The number of hydrogen-bond donors (Lipinski definition) is 0. The number of methoxy groups -OCH3 is 3. The van der Waals surface area contributed by atoms with Gasteiger partial charge in [-0.2, -0.15) is 0 Å². The normalized spacial score (nSPS) is 20.6. The van der Waals surface area contributed by atoms with Crippen LogP contribution in [0.15, 0.2) is 17.1 Å². The molecule has 7 heteroatoms. The van der Waals surface area contributed by atoms with Gasteiger partial charge in [-0.25, -0.2) is 8.42 Å². The van der Waals surface area contributed by atoms with Crippen LogP contribution in [0.3, 0.4) is 0 Å². The molecule has 1 atom stereocenters. The molecule has 1 fully saturated rings. The molecular formula is C14H19NO5S. The Morgan fingerprint density at radius 1 is 1.14 bits per heavy atom. The van der Waals surface area contributed by atoms with Crippen LogP contribution in [0.5, 0.6) is 17.2 Å². The molecule has 1 aliphatic heterocycles. The van der Waals surface area contributed by atoms with Gasteiger partial charge in [0.2, 0.25) is 5.75 Å². The standard InChI is InChI=1S/C14H19NO5S/c1-18-12-6-10(7-13(19-2)14(12)20-3)8-15-11-4-5-21(16,17)9-11/h6-8,11H,4-5,9H2,1-3H3/t11-/m1/s1. The first kappa shape index (κ1) is 15.6. The van der Waals surface area contributed by atoms with Crippen LogP contribution in [-0.4, -0.2) is 53.5 Å². The van der Waals surface area contributed by atoms with Gasteiger partial charge >= 0.3 is 0 Å². The predicted octanol–water partition coefficient (Wildman–Crippen LogP) is 1.32. The predicted molar refractivity (Wildman–Crippen MR) is 80.8 cm³/mol. The molecule has 0 bridgehead atoms. The fourth-order valence-electron chi connectivity index (χ4n) is 2.26. The average molecular weight is 313 g/mol. The van der Waals surface area contributed by atoms with E-state index in [0.717, 1.165) is 5.56 Å². The number of sulfone groups is 1. The van der Waals surface area contributed by atoms with Crippen molar-refractivity contribution in [2.75, 3.05) is 32.8 Å². The van der Waals surface area contributed by atoms with Crippen molar-refractivity contribution in [3.8, 4) is 17.2 Å². The number of hydrogen-bond acceptors (Lipinski definition) is 6. The van der Waals surface area contributed by atoms with Crippen LogP contribution in [-0.2, 0) is 9.84 Å². The van der Waals surface area contributed by atoms with E-state index >= 15 is 0 Å². The molecule has 0 spiro atoms. The SMILES string of the molecule is COc1cc(C=N[C@@H]2CCS(=O)(=O)C2)cc(OC)c1OC. The summed E-state index contributed by atoms with van der Waals surface area (Å²) in [6.07, 6.45) is 2.22. The Kier molecular flexibility index (Phi) is 4.72. The van der Waals surface area contributed by atoms with Crippen molar-refractivity contribution in [2.45, 2.75) is 12.5 Å². The molecule has 1 heterocycles. The van der Waals surface area contributed by atoms with Crippen LogP contribution in [0.2, 0.25) is 0 Å². The van der Waals surface area contributed by atoms with Gasteiger partial charge in [0, 0.05) is 6.21 Å². The van der Waals surface area contributed by atoms with E-state index in [0.29, 0.717) is 23.7 Å². The molecular weight excluding hydrogens is 294 g/mol. The van der Waals surface area contributed by atoms with E-state index in [1.807, 2.05) is 0 Å². The zero-order chi connectivity index (χ0) is 15.5. The first-order valence-electron chi connectivity index (χ1n) is 6.52. The van der Waals surface area contributed by atoms with Gasteiger partial charge in [-0.3, -0.25) is 4.99 Å². The molecule has 0 aromatic heterocycles. The number of benzene rings is 1. The van der Waals surface area contributed by atoms with Crippen molar-refractivity contribution in [2.24, 2.45) is 4.99 Å². The third kappa shape index (κ3) is 3.66. The summed E-state index contributed by atoms with van der Waals surface area (Å²) in [5.41, 5.74) is 0.772. The van der Waals surface area contributed by atoms with Crippen molar-refractivity contribution in [3.63, 3.8) is 0 Å². The van der Waals surface area contributed by atoms with Crippen LogP contribution >= 0.6 is 0 Å². The lowest BCUT2D eigenvalue weighted by Gasteiger charge is -2.12. The largest absolute Gasteiger partial charge is 0.493 e. The minimum Gasteiger partial charge on any atom is -0.493 e. The van der Waals surface area contributed by atoms with E-state index in [-0.39, 0.29) is 17.5 Å². The van der Waals surface area contributed by atoms with E-state index in [1.165, 1.54) is 7.11 Å². The topological polar surface area (TPSA) is 74.2 Å². The minimum atomic E-state index is -2.92. The van der Waals surface area contributed by atoms with E-state index in [4.69, 9.17) is 14.2 Å². The number of nitrogens with zero attached hydrogens (tertiary/aromatic N) is 1. The second kappa shape index (κ2) is 6.34. The third-order valence-corrected chi connectivity index (χ3v) is 5.08. The smallest absolute Gasteiger partial charge is 0.203 e. The van der Waals surface area contributed by atoms with E-state index in [2.05, 4.69) is 4.99 Å². The van der Waals surface area contributed by atoms with E-state index in [9.17, 15) is 8.42 Å². The second-order valence-electron chi connectivity index (χ2n) is 4.79. The van der Waals surface area contributed by atoms with Crippen molar-refractivity contribution >= 4 is 16.1 Å². The van der Waals surface area contributed by atoms with Crippen molar-refractivity contribution in [1.82, 2.24) is 0 Å². The van der Waals surface area contributed by atoms with Gasteiger partial charge in [0.05, 0.1) is 38.9 Å². The Bertz CT molecular complexity index is 614. The van der Waals surface area contributed by atoms with Gasteiger partial charge in [0.25, 0.3) is 0 Å². The monoisotopic (exact) mass is 313 g/mol. The summed E-state index contributed by atoms with van der Waals surface area (Å²) >= 11 is 0. The molecule has 116 valence electrons. The maximum atomic E-state index is 11.4. The number of aliphatic imine (C=N–C) groups is 1. The highest BCUT2D eigenvalue weighted by Crippen LogP contribution is 2.37. The minimum absolute atomic E-state index is 0.119. The van der Waals surface area contributed by atoms with Crippen LogP contribution in [0, 0.1) is 0 Å². The molecule has 0 unspecified atom stereocenters. The first-order valence-corrected chi connectivity index (χ1v) is 8.35. The van der Waals surface area contributed by atoms with Gasteiger partial charge in [0.1, 0.15) is 0 Å². The zero-order valence-electron chi connectivity index (χ0n) is 12.3. The Morgan fingerprint density at radius 2 is 1.76 bits per heavy atom. The fraction of sp³-hybridized carbons (Fsp3) is 0.500. The lowest BCUT2D eigenvalue weighted by Crippen LogP contribution is -2.07. The van der Waals surface area contributed by atoms with Crippen LogP contribution in [0.1, 0.15) is 12.0 Å². The summed E-state index contributed by atoms with van der Waals surface area (Å²) in [5.74, 6) is 1.92. The van der Waals surface area contributed by atoms with E-state index < -0.39 is 9.84 Å². The Morgan fingerprint density at radius 3 is 2.19 bits per heavy atom. The average Bonchev–Trinajstić information content (AvgIpc) is 2.83. The number of ether oxygens (including phenoxy) is 3. The lowest BCUT2D eigenvalue weighted by molar-refractivity contribution is 0.324. The summed E-state index contributed by atoms with van der Waals surface area (Å²) in [6, 6.07) is 3.37. The first-order chi connectivity index (χ1) is 9.99. The van der Waals surface area contributed by atoms with Crippen molar-refractivity contribution in [1.29, 1.82) is 0 Å². The number of rotatable bonds is 5. The van der Waals surface area contributed by atoms with Crippen molar-refractivity contribution < 1.29 is 22.6 Å². The quantitative estimate of drug-likeness (QED) is 0.766. The fourth-order valence-corrected chi connectivity index (χ4v) is 3.90. The Labute approximate surface area is 124 Å². The Hall–Kier alpha value is -1.76. The van der Waals surface area contributed by atoms with Gasteiger partial charge in [-0.15, -0.1) is 0 Å². The van der Waals surface area contributed by atoms with Crippen molar-refractivity contribution in [3.05, 3.63) is 17.7 Å². The molecule has 1 aliphatic rings. The second-order valence-corrected chi connectivity index (χ2v) is 7.02. The summed E-state index contributed by atoms with van der Waals surface area (Å²) in [7, 11) is 1.71. The maximum absolute atomic E-state index is 11.4. The molecule has 6 nitrogen and oxygen atoms in total. The highest BCUT2D eigenvalue weighted by molar-refractivity contribution is 7.91. The molecule has 21 heavy (non-hydrogen) atoms. The summed E-state index contributed by atoms with van der Waals surface area (Å²) < 4.78 is 38.6. The van der Waals surface area contributed by atoms with Gasteiger partial charge in [0.15, 0.2) is 21.3 Å². The zero-order valence-corrected chi connectivity index (χ0v) is 13.1. The summed E-state index contributed by atoms with van der Waals surface area (Å²) in [5, 5.41) is 0. The highest BCUT2D eigenvalue weighted by atomic mass is 32.2.